The molecule has 3 heteroatoms. The average molecular weight is 251 g/mol. The van der Waals surface area contributed by atoms with Gasteiger partial charge in [0.15, 0.2) is 0 Å². The highest BCUT2D eigenvalue weighted by atomic mass is 19.1. The van der Waals surface area contributed by atoms with Crippen LogP contribution in [0, 0.1) is 17.7 Å². The van der Waals surface area contributed by atoms with E-state index in [9.17, 15) is 4.39 Å². The molecule has 0 bridgehead atoms. The fourth-order valence-electron chi connectivity index (χ4n) is 2.77. The molecule has 0 radical (unpaired) electrons. The van der Waals surface area contributed by atoms with Gasteiger partial charge in [0, 0.05) is 12.0 Å². The number of nitrogens with two attached hydrogens (primary N) is 1. The molecule has 3 unspecified atom stereocenters. The van der Waals surface area contributed by atoms with Crippen LogP contribution in [0.3, 0.4) is 0 Å². The predicted molar refractivity (Wildman–Crippen MR) is 71.0 cm³/mol. The molecule has 1 aliphatic rings. The van der Waals surface area contributed by atoms with Crippen LogP contribution in [0.4, 0.5) is 4.39 Å². The Kier molecular flexibility index (Phi) is 4.59. The molecule has 1 aromatic rings. The quantitative estimate of drug-likeness (QED) is 0.890. The lowest BCUT2D eigenvalue weighted by Crippen LogP contribution is -2.38. The monoisotopic (exact) mass is 251 g/mol. The highest BCUT2D eigenvalue weighted by molar-refractivity contribution is 5.22. The van der Waals surface area contributed by atoms with Gasteiger partial charge in [-0.25, -0.2) is 4.39 Å². The molecule has 1 fully saturated rings. The third-order valence-corrected chi connectivity index (χ3v) is 4.00. The zero-order chi connectivity index (χ0) is 13.0. The van der Waals surface area contributed by atoms with Gasteiger partial charge in [-0.15, -0.1) is 0 Å². The summed E-state index contributed by atoms with van der Waals surface area (Å²) in [4.78, 5) is 0. The summed E-state index contributed by atoms with van der Waals surface area (Å²) in [5.74, 6) is 1.48. The highest BCUT2D eigenvalue weighted by Crippen LogP contribution is 2.33. The van der Waals surface area contributed by atoms with Crippen molar-refractivity contribution in [2.75, 3.05) is 6.54 Å². The van der Waals surface area contributed by atoms with Crippen molar-refractivity contribution >= 4 is 0 Å². The first-order valence-corrected chi connectivity index (χ1v) is 6.85. The third kappa shape index (κ3) is 3.22. The average Bonchev–Trinajstić information content (AvgIpc) is 2.38. The first-order valence-electron chi connectivity index (χ1n) is 6.85. The molecule has 3 atom stereocenters. The second kappa shape index (κ2) is 6.19. The molecule has 18 heavy (non-hydrogen) atoms. The molecule has 0 heterocycles. The number of halogens is 1. The molecule has 1 aliphatic carbocycles. The summed E-state index contributed by atoms with van der Waals surface area (Å²) in [6.07, 6.45) is 4.71. The molecule has 0 aliphatic heterocycles. The molecule has 1 saturated carbocycles. The van der Waals surface area contributed by atoms with E-state index < -0.39 is 0 Å². The smallest absolute Gasteiger partial charge is 0.126 e. The largest absolute Gasteiger partial charge is 0.490 e. The van der Waals surface area contributed by atoms with Crippen molar-refractivity contribution in [3.63, 3.8) is 0 Å². The maximum atomic E-state index is 13.1. The van der Waals surface area contributed by atoms with Gasteiger partial charge in [-0.1, -0.05) is 19.4 Å². The van der Waals surface area contributed by atoms with Gasteiger partial charge in [-0.3, -0.25) is 0 Å². The SMILES string of the molecule is CCC1CCC(CN)C(Oc2cccc(F)c2)C1. The first-order chi connectivity index (χ1) is 8.72. The molecule has 0 saturated heterocycles. The van der Waals surface area contributed by atoms with Gasteiger partial charge in [0.05, 0.1) is 0 Å². The minimum absolute atomic E-state index is 0.135. The topological polar surface area (TPSA) is 35.2 Å². The summed E-state index contributed by atoms with van der Waals surface area (Å²) in [6, 6.07) is 6.38. The molecule has 0 spiro atoms. The van der Waals surface area contributed by atoms with E-state index in [0.717, 1.165) is 12.8 Å². The number of benzene rings is 1. The van der Waals surface area contributed by atoms with Crippen LogP contribution in [0.1, 0.15) is 32.6 Å². The Morgan fingerprint density at radius 3 is 2.89 bits per heavy atom. The van der Waals surface area contributed by atoms with E-state index in [1.165, 1.54) is 25.0 Å². The van der Waals surface area contributed by atoms with Gasteiger partial charge in [0.2, 0.25) is 0 Å². The van der Waals surface area contributed by atoms with Gasteiger partial charge >= 0.3 is 0 Å². The Balaban J connectivity index is 2.04. The van der Waals surface area contributed by atoms with Crippen LogP contribution in [0.25, 0.3) is 0 Å². The van der Waals surface area contributed by atoms with Crippen LogP contribution < -0.4 is 10.5 Å². The number of hydrogen-bond acceptors (Lipinski definition) is 2. The maximum absolute atomic E-state index is 13.1. The minimum atomic E-state index is -0.250. The van der Waals surface area contributed by atoms with Crippen molar-refractivity contribution in [2.45, 2.75) is 38.7 Å². The number of ether oxygens (including phenoxy) is 1. The van der Waals surface area contributed by atoms with Crippen LogP contribution in [0.15, 0.2) is 24.3 Å². The van der Waals surface area contributed by atoms with E-state index in [-0.39, 0.29) is 11.9 Å². The molecule has 2 nitrogen and oxygen atoms in total. The Labute approximate surface area is 108 Å². The van der Waals surface area contributed by atoms with Crippen LogP contribution >= 0.6 is 0 Å². The zero-order valence-corrected chi connectivity index (χ0v) is 10.9. The molecule has 0 amide bonds. The lowest BCUT2D eigenvalue weighted by Gasteiger charge is -2.35. The van der Waals surface area contributed by atoms with Crippen molar-refractivity contribution in [1.29, 1.82) is 0 Å². The Hall–Kier alpha value is -1.09. The molecule has 2 rings (SSSR count). The Bertz CT molecular complexity index is 383. The van der Waals surface area contributed by atoms with Gasteiger partial charge in [0.1, 0.15) is 17.7 Å². The summed E-state index contributed by atoms with van der Waals surface area (Å²) in [6.45, 7) is 2.86. The van der Waals surface area contributed by atoms with Crippen molar-refractivity contribution in [3.05, 3.63) is 30.1 Å². The lowest BCUT2D eigenvalue weighted by molar-refractivity contribution is 0.0682. The van der Waals surface area contributed by atoms with Crippen LogP contribution in [-0.4, -0.2) is 12.6 Å². The van der Waals surface area contributed by atoms with Crippen molar-refractivity contribution < 1.29 is 9.13 Å². The highest BCUT2D eigenvalue weighted by Gasteiger charge is 2.30. The van der Waals surface area contributed by atoms with Crippen molar-refractivity contribution in [3.8, 4) is 5.75 Å². The molecular formula is C15H22FNO. The fourth-order valence-corrected chi connectivity index (χ4v) is 2.77. The summed E-state index contributed by atoms with van der Waals surface area (Å²) < 4.78 is 19.1. The molecule has 1 aromatic carbocycles. The normalized spacial score (nSPS) is 28.1. The van der Waals surface area contributed by atoms with Crippen LogP contribution in [-0.2, 0) is 0 Å². The van der Waals surface area contributed by atoms with Crippen molar-refractivity contribution in [1.82, 2.24) is 0 Å². The van der Waals surface area contributed by atoms with Gasteiger partial charge in [0.25, 0.3) is 0 Å². The Morgan fingerprint density at radius 1 is 1.39 bits per heavy atom. The lowest BCUT2D eigenvalue weighted by atomic mass is 9.78. The zero-order valence-electron chi connectivity index (χ0n) is 10.9. The fraction of sp³-hybridized carbons (Fsp3) is 0.600. The minimum Gasteiger partial charge on any atom is -0.490 e. The Morgan fingerprint density at radius 2 is 2.22 bits per heavy atom. The van der Waals surface area contributed by atoms with E-state index in [0.29, 0.717) is 24.1 Å². The van der Waals surface area contributed by atoms with E-state index in [4.69, 9.17) is 10.5 Å². The van der Waals surface area contributed by atoms with Gasteiger partial charge in [-0.2, -0.15) is 0 Å². The van der Waals surface area contributed by atoms with Crippen molar-refractivity contribution in [2.24, 2.45) is 17.6 Å². The standard InChI is InChI=1S/C15H22FNO/c1-2-11-6-7-12(10-17)15(8-11)18-14-5-3-4-13(16)9-14/h3-5,9,11-12,15H,2,6-8,10,17H2,1H3. The second-order valence-electron chi connectivity index (χ2n) is 5.20. The summed E-state index contributed by atoms with van der Waals surface area (Å²) in [7, 11) is 0. The van der Waals surface area contributed by atoms with E-state index >= 15 is 0 Å². The molecule has 2 N–H and O–H groups in total. The van der Waals surface area contributed by atoms with Gasteiger partial charge in [-0.05, 0) is 43.9 Å². The number of rotatable bonds is 4. The van der Waals surface area contributed by atoms with Gasteiger partial charge < -0.3 is 10.5 Å². The summed E-state index contributed by atoms with van der Waals surface area (Å²) in [5.41, 5.74) is 5.81. The first kappa shape index (κ1) is 13.3. The molecule has 0 aromatic heterocycles. The summed E-state index contributed by atoms with van der Waals surface area (Å²) >= 11 is 0. The predicted octanol–water partition coefficient (Wildman–Crippen LogP) is 3.36. The van der Waals surface area contributed by atoms with Crippen LogP contribution in [0.2, 0.25) is 0 Å². The second-order valence-corrected chi connectivity index (χ2v) is 5.20. The van der Waals surface area contributed by atoms with E-state index in [1.54, 1.807) is 6.07 Å². The molecular weight excluding hydrogens is 229 g/mol. The maximum Gasteiger partial charge on any atom is 0.126 e. The van der Waals surface area contributed by atoms with E-state index in [1.807, 2.05) is 6.07 Å². The van der Waals surface area contributed by atoms with E-state index in [2.05, 4.69) is 6.92 Å². The molecule has 100 valence electrons. The van der Waals surface area contributed by atoms with Crippen LogP contribution in [0.5, 0.6) is 5.75 Å². The third-order valence-electron chi connectivity index (χ3n) is 4.00. The number of hydrogen-bond donors (Lipinski definition) is 1. The summed E-state index contributed by atoms with van der Waals surface area (Å²) in [5, 5.41) is 0.